The number of aliphatic carboxylic acids is 1. The molecule has 1 saturated heterocycles. The third-order valence-corrected chi connectivity index (χ3v) is 11.4. The Morgan fingerprint density at radius 3 is 2.11 bits per heavy atom. The van der Waals surface area contributed by atoms with E-state index < -0.39 is 120 Å². The minimum absolute atomic E-state index is 0.0302. The molecule has 0 spiro atoms. The second-order valence-corrected chi connectivity index (χ2v) is 17.4. The van der Waals surface area contributed by atoms with Gasteiger partial charge < -0.3 is 96.8 Å². The van der Waals surface area contributed by atoms with Gasteiger partial charge in [-0.1, -0.05) is 12.5 Å². The molecule has 1 aliphatic heterocycles. The van der Waals surface area contributed by atoms with Gasteiger partial charge in [-0.2, -0.15) is 0 Å². The highest BCUT2D eigenvalue weighted by atomic mass is 16.4. The average Bonchev–Trinajstić information content (AvgIpc) is 4.08. The first kappa shape index (κ1) is 63.2. The second-order valence-electron chi connectivity index (χ2n) is 17.4. The first-order valence-corrected chi connectivity index (χ1v) is 24.3. The molecule has 2 rings (SSSR count). The van der Waals surface area contributed by atoms with Crippen molar-refractivity contribution < 1.29 is 58.5 Å². The normalized spacial score (nSPS) is 16.5. The van der Waals surface area contributed by atoms with Crippen LogP contribution >= 0.6 is 0 Å². The molecule has 0 radical (unpaired) electrons. The quantitative estimate of drug-likeness (QED) is 0.0132. The molecule has 1 aromatic heterocycles. The molecule has 1 aliphatic rings. The summed E-state index contributed by atoms with van der Waals surface area (Å²) in [5.74, 6) is -9.14. The minimum atomic E-state index is -1.73. The number of H-pyrrole nitrogens is 1. The SMILES string of the molecule is C[C@@H](O)[C@H](NC(=O)[C@@H](NC(=O)[C@@H](N)CCCCN)[C@@H](O)CN)C(=O)NCC(=O)/N=C(\CCCN)C(=O)N1CCC[C@H]1C(=O)N[C@@H](Cc1cnc[nH]1)C(=O)N[C@@H](CCCCN)C(=O)N/C(=C\CCNC(=N)N)C(=O)O. The number of carbonyl (C=O) groups is 9. The van der Waals surface area contributed by atoms with Crippen molar-refractivity contribution in [3.05, 3.63) is 30.0 Å². The Labute approximate surface area is 427 Å². The van der Waals surface area contributed by atoms with E-state index in [-0.39, 0.29) is 82.8 Å². The zero-order valence-electron chi connectivity index (χ0n) is 41.6. The van der Waals surface area contributed by atoms with E-state index in [1.807, 2.05) is 0 Å². The van der Waals surface area contributed by atoms with Crippen LogP contribution in [-0.4, -0.2) is 189 Å². The van der Waals surface area contributed by atoms with E-state index >= 15 is 0 Å². The number of nitrogens with two attached hydrogens (primary N) is 6. The van der Waals surface area contributed by atoms with Gasteiger partial charge in [0.05, 0.1) is 31.1 Å². The lowest BCUT2D eigenvalue weighted by Gasteiger charge is -2.28. The van der Waals surface area contributed by atoms with Crippen molar-refractivity contribution in [2.45, 2.75) is 132 Å². The largest absolute Gasteiger partial charge is 0.477 e. The summed E-state index contributed by atoms with van der Waals surface area (Å²) in [4.78, 5) is 132. The van der Waals surface area contributed by atoms with Gasteiger partial charge in [0, 0.05) is 37.9 Å². The van der Waals surface area contributed by atoms with Gasteiger partial charge in [-0.15, -0.1) is 0 Å². The number of rotatable bonds is 34. The lowest BCUT2D eigenvalue weighted by molar-refractivity contribution is -0.137. The molecular formula is C44H76N18O12. The number of imidazole rings is 1. The van der Waals surface area contributed by atoms with E-state index in [1.165, 1.54) is 23.5 Å². The Balaban J connectivity index is 2.29. The molecule has 0 aliphatic carbocycles. The summed E-state index contributed by atoms with van der Waals surface area (Å²) in [6, 6.07) is -8.36. The van der Waals surface area contributed by atoms with Crippen LogP contribution < -0.4 is 71.6 Å². The number of aliphatic hydroxyl groups excluding tert-OH is 2. The minimum Gasteiger partial charge on any atom is -0.477 e. The third-order valence-electron chi connectivity index (χ3n) is 11.4. The number of nitrogens with one attached hydrogen (secondary N) is 9. The van der Waals surface area contributed by atoms with Crippen LogP contribution in [0.4, 0.5) is 0 Å². The van der Waals surface area contributed by atoms with Gasteiger partial charge in [-0.25, -0.2) is 14.8 Å². The fraction of sp³-hybridized carbons (Fsp3) is 0.636. The molecule has 0 aromatic carbocycles. The monoisotopic (exact) mass is 1050 g/mol. The van der Waals surface area contributed by atoms with E-state index in [0.717, 1.165) is 6.92 Å². The number of hydrogen-bond acceptors (Lipinski definition) is 18. The highest BCUT2D eigenvalue weighted by Gasteiger charge is 2.39. The maximum Gasteiger partial charge on any atom is 0.352 e. The summed E-state index contributed by atoms with van der Waals surface area (Å²) in [7, 11) is 0. The molecule has 74 heavy (non-hydrogen) atoms. The number of aliphatic imine (C=N–C) groups is 1. The van der Waals surface area contributed by atoms with E-state index in [4.69, 9.17) is 39.8 Å². The lowest BCUT2D eigenvalue weighted by Crippen LogP contribution is -2.62. The summed E-state index contributed by atoms with van der Waals surface area (Å²) in [6.07, 6.45) is 3.28. The fourth-order valence-electron chi connectivity index (χ4n) is 7.37. The average molecular weight is 1050 g/mol. The zero-order valence-corrected chi connectivity index (χ0v) is 41.6. The van der Waals surface area contributed by atoms with Crippen LogP contribution in [0.15, 0.2) is 29.3 Å². The molecular weight excluding hydrogens is 973 g/mol. The number of carbonyl (C=O) groups excluding carboxylic acids is 8. The Morgan fingerprint density at radius 2 is 1.51 bits per heavy atom. The van der Waals surface area contributed by atoms with Crippen LogP contribution in [0, 0.1) is 5.41 Å². The maximum atomic E-state index is 14.1. The van der Waals surface area contributed by atoms with Crippen LogP contribution in [0.2, 0.25) is 0 Å². The highest BCUT2D eigenvalue weighted by molar-refractivity contribution is 6.40. The number of nitrogens with zero attached hydrogens (tertiary/aromatic N) is 3. The van der Waals surface area contributed by atoms with Crippen LogP contribution in [-0.2, 0) is 49.6 Å². The van der Waals surface area contributed by atoms with Crippen molar-refractivity contribution in [1.82, 2.24) is 52.1 Å². The zero-order chi connectivity index (χ0) is 55.3. The van der Waals surface area contributed by atoms with Crippen molar-refractivity contribution in [1.29, 1.82) is 5.41 Å². The molecule has 0 saturated carbocycles. The molecule has 2 heterocycles. The van der Waals surface area contributed by atoms with Gasteiger partial charge in [0.2, 0.25) is 35.4 Å². The van der Waals surface area contributed by atoms with E-state index in [2.05, 4.69) is 52.2 Å². The molecule has 1 aromatic rings. The fourth-order valence-corrected chi connectivity index (χ4v) is 7.37. The molecule has 30 heteroatoms. The summed E-state index contributed by atoms with van der Waals surface area (Å²) in [5.41, 5.74) is 33.2. The van der Waals surface area contributed by atoms with Crippen molar-refractivity contribution >= 4 is 64.9 Å². The molecule has 1 fully saturated rings. The number of likely N-dealkylation sites (tertiary alicyclic amines) is 1. The first-order valence-electron chi connectivity index (χ1n) is 24.3. The maximum absolute atomic E-state index is 14.1. The first-order chi connectivity index (χ1) is 35.2. The van der Waals surface area contributed by atoms with Gasteiger partial charge in [0.25, 0.3) is 11.8 Å². The van der Waals surface area contributed by atoms with Gasteiger partial charge in [-0.3, -0.25) is 43.8 Å². The summed E-state index contributed by atoms with van der Waals surface area (Å²) < 4.78 is 0. The molecule has 30 nitrogen and oxygen atoms in total. The predicted molar refractivity (Wildman–Crippen MR) is 267 cm³/mol. The van der Waals surface area contributed by atoms with Crippen molar-refractivity contribution in [2.24, 2.45) is 39.4 Å². The number of aromatic amines is 1. The number of amides is 8. The van der Waals surface area contributed by atoms with Crippen LogP contribution in [0.5, 0.6) is 0 Å². The molecule has 0 bridgehead atoms. The number of unbranched alkanes of at least 4 members (excludes halogenated alkanes) is 2. The van der Waals surface area contributed by atoms with E-state index in [0.29, 0.717) is 44.3 Å². The van der Waals surface area contributed by atoms with Crippen LogP contribution in [0.1, 0.15) is 83.2 Å². The Morgan fingerprint density at radius 1 is 0.851 bits per heavy atom. The summed E-state index contributed by atoms with van der Waals surface area (Å²) >= 11 is 0. The Bertz CT molecular complexity index is 2110. The second kappa shape index (κ2) is 33.7. The molecule has 0 unspecified atom stereocenters. The number of carboxylic acids is 1. The Kier molecular flexibility index (Phi) is 28.8. The van der Waals surface area contributed by atoms with Crippen molar-refractivity contribution in [3.8, 4) is 0 Å². The van der Waals surface area contributed by atoms with Crippen LogP contribution in [0.25, 0.3) is 0 Å². The van der Waals surface area contributed by atoms with E-state index in [9.17, 15) is 58.5 Å². The third kappa shape index (κ3) is 22.0. The van der Waals surface area contributed by atoms with Gasteiger partial charge in [0.15, 0.2) is 5.96 Å². The smallest absolute Gasteiger partial charge is 0.352 e. The molecule has 24 N–H and O–H groups in total. The summed E-state index contributed by atoms with van der Waals surface area (Å²) in [5, 5.41) is 54.8. The molecule has 414 valence electrons. The predicted octanol–water partition coefficient (Wildman–Crippen LogP) is -7.05. The van der Waals surface area contributed by atoms with Crippen molar-refractivity contribution in [3.63, 3.8) is 0 Å². The molecule has 8 atom stereocenters. The van der Waals surface area contributed by atoms with Crippen LogP contribution in [0.3, 0.4) is 0 Å². The summed E-state index contributed by atoms with van der Waals surface area (Å²) in [6.45, 7) is 0.655. The van der Waals surface area contributed by atoms with Gasteiger partial charge >= 0.3 is 5.97 Å². The Hall–Kier alpha value is -6.96. The number of carboxylic acid groups (broad SMARTS) is 1. The van der Waals surface area contributed by atoms with Crippen molar-refractivity contribution in [2.75, 3.05) is 45.8 Å². The number of aromatic nitrogens is 2. The van der Waals surface area contributed by atoms with Gasteiger partial charge in [0.1, 0.15) is 41.6 Å². The highest BCUT2D eigenvalue weighted by Crippen LogP contribution is 2.20. The topological polar surface area (TPSA) is 523 Å². The number of hydrogen-bond donors (Lipinski definition) is 18. The number of aliphatic hydroxyl groups is 2. The lowest BCUT2D eigenvalue weighted by atomic mass is 10.1. The van der Waals surface area contributed by atoms with Gasteiger partial charge in [-0.05, 0) is 90.8 Å². The van der Waals surface area contributed by atoms with E-state index in [1.54, 1.807) is 0 Å². The molecule has 8 amide bonds. The number of guanidine groups is 1. The standard InChI is InChI=1S/C44H76N18O12/c1-24(63)34(60-41(71)35(32(64)20-48)61-36(66)26(49)9-2-4-14-45)40(70)54-22-33(65)56-28(11-6-16-47)42(72)62-18-8-13-31(62)39(69)59-30(19-25-21-52-23-55-25)38(68)57-27(10-3-5-15-46)37(67)58-29(43(73)74)12-7-17-53-44(50)51/h12,21,23-24,26-27,30-32,34-35,63-64H,2-11,13-20,22,45-49H2,1H3,(H,52,55)(H,54,70)(H,57,68)(H,58,67)(H,59,69)(H,60,71)(H,61,66)(H,73,74)(H4,50,51,53)/b29-12-,56-28+/t24-,26+,27+,30+,31+,32+,34+,35+/m1/s1.